The Kier molecular flexibility index (Phi) is 6.39. The van der Waals surface area contributed by atoms with Gasteiger partial charge in [0.1, 0.15) is 0 Å². The van der Waals surface area contributed by atoms with Crippen molar-refractivity contribution in [1.82, 2.24) is 5.32 Å². The van der Waals surface area contributed by atoms with Crippen LogP contribution in [0.3, 0.4) is 0 Å². The van der Waals surface area contributed by atoms with Crippen molar-refractivity contribution in [2.45, 2.75) is 51.6 Å². The van der Waals surface area contributed by atoms with Crippen LogP contribution < -0.4 is 9.62 Å². The first-order valence-electron chi connectivity index (χ1n) is 9.77. The van der Waals surface area contributed by atoms with Gasteiger partial charge < -0.3 is 5.32 Å². The van der Waals surface area contributed by atoms with Crippen molar-refractivity contribution in [1.29, 1.82) is 0 Å². The van der Waals surface area contributed by atoms with Gasteiger partial charge in [-0.15, -0.1) is 0 Å². The molecule has 0 unspecified atom stereocenters. The van der Waals surface area contributed by atoms with Crippen LogP contribution in [-0.2, 0) is 16.6 Å². The first-order chi connectivity index (χ1) is 13.3. The van der Waals surface area contributed by atoms with Crippen molar-refractivity contribution in [2.75, 3.05) is 10.6 Å². The molecular weight excluding hydrogens is 372 g/mol. The summed E-state index contributed by atoms with van der Waals surface area (Å²) in [5.74, 6) is -0.0582. The van der Waals surface area contributed by atoms with Crippen molar-refractivity contribution in [3.05, 3.63) is 65.2 Å². The Hall–Kier alpha value is -2.34. The topological polar surface area (TPSA) is 66.5 Å². The lowest BCUT2D eigenvalue weighted by atomic mass is 9.95. The number of benzene rings is 2. The predicted molar refractivity (Wildman–Crippen MR) is 113 cm³/mol. The highest BCUT2D eigenvalue weighted by molar-refractivity contribution is 7.92. The van der Waals surface area contributed by atoms with Gasteiger partial charge in [-0.1, -0.05) is 43.5 Å². The highest BCUT2D eigenvalue weighted by Gasteiger charge is 2.19. The molecule has 1 saturated carbocycles. The first kappa shape index (κ1) is 20.4. The van der Waals surface area contributed by atoms with Crippen LogP contribution in [0.4, 0.5) is 5.69 Å². The van der Waals surface area contributed by atoms with E-state index in [0.717, 1.165) is 24.0 Å². The Bertz CT molecular complexity index is 917. The zero-order valence-corrected chi connectivity index (χ0v) is 17.3. The maximum Gasteiger partial charge on any atom is 0.251 e. The van der Waals surface area contributed by atoms with Gasteiger partial charge in [0.25, 0.3) is 5.91 Å². The first-order valence-corrected chi connectivity index (χ1v) is 11.6. The van der Waals surface area contributed by atoms with Gasteiger partial charge in [0.15, 0.2) is 0 Å². The Balaban J connectivity index is 1.71. The minimum Gasteiger partial charge on any atom is -0.349 e. The van der Waals surface area contributed by atoms with E-state index < -0.39 is 10.0 Å². The number of hydrogen-bond acceptors (Lipinski definition) is 3. The van der Waals surface area contributed by atoms with Gasteiger partial charge in [0.05, 0.1) is 18.5 Å². The fourth-order valence-electron chi connectivity index (χ4n) is 3.63. The summed E-state index contributed by atoms with van der Waals surface area (Å²) in [7, 11) is -3.42. The molecule has 6 heteroatoms. The Labute approximate surface area is 167 Å². The molecule has 1 aliphatic rings. The number of sulfonamides is 1. The highest BCUT2D eigenvalue weighted by Crippen LogP contribution is 2.22. The number of aryl methyl sites for hydroxylation is 1. The van der Waals surface area contributed by atoms with Gasteiger partial charge in [0.2, 0.25) is 10.0 Å². The minimum atomic E-state index is -3.42. The van der Waals surface area contributed by atoms with Crippen LogP contribution in [0.15, 0.2) is 48.5 Å². The van der Waals surface area contributed by atoms with Crippen LogP contribution in [0.25, 0.3) is 0 Å². The second-order valence-corrected chi connectivity index (χ2v) is 9.52. The van der Waals surface area contributed by atoms with Crippen LogP contribution >= 0.6 is 0 Å². The molecular formula is C22H28N2O3S. The lowest BCUT2D eigenvalue weighted by Crippen LogP contribution is -2.36. The van der Waals surface area contributed by atoms with E-state index in [4.69, 9.17) is 0 Å². The molecule has 2 aromatic carbocycles. The molecule has 1 N–H and O–H groups in total. The number of anilines is 1. The average molecular weight is 401 g/mol. The predicted octanol–water partition coefficient (Wildman–Crippen LogP) is 4.02. The summed E-state index contributed by atoms with van der Waals surface area (Å²) in [6.45, 7) is 2.16. The van der Waals surface area contributed by atoms with E-state index in [1.807, 2.05) is 37.3 Å². The van der Waals surface area contributed by atoms with Crippen molar-refractivity contribution in [3.63, 3.8) is 0 Å². The van der Waals surface area contributed by atoms with Gasteiger partial charge in [-0.3, -0.25) is 9.10 Å². The van der Waals surface area contributed by atoms with Crippen LogP contribution in [0.1, 0.15) is 53.6 Å². The van der Waals surface area contributed by atoms with Crippen LogP contribution in [-0.4, -0.2) is 26.6 Å². The number of amides is 1. The zero-order valence-electron chi connectivity index (χ0n) is 16.5. The van der Waals surface area contributed by atoms with Crippen molar-refractivity contribution in [2.24, 2.45) is 0 Å². The van der Waals surface area contributed by atoms with Gasteiger partial charge in [-0.25, -0.2) is 8.42 Å². The van der Waals surface area contributed by atoms with E-state index in [2.05, 4.69) is 5.32 Å². The van der Waals surface area contributed by atoms with Crippen molar-refractivity contribution >= 4 is 21.6 Å². The maximum atomic E-state index is 12.4. The molecule has 1 fully saturated rings. The smallest absolute Gasteiger partial charge is 0.251 e. The minimum absolute atomic E-state index is 0.0582. The molecule has 0 aromatic heterocycles. The largest absolute Gasteiger partial charge is 0.349 e. The fourth-order valence-corrected chi connectivity index (χ4v) is 4.51. The number of nitrogens with one attached hydrogen (secondary N) is 1. The third-order valence-corrected chi connectivity index (χ3v) is 6.31. The van der Waals surface area contributed by atoms with E-state index >= 15 is 0 Å². The highest BCUT2D eigenvalue weighted by atomic mass is 32.2. The van der Waals surface area contributed by atoms with Gasteiger partial charge >= 0.3 is 0 Å². The van der Waals surface area contributed by atoms with Crippen molar-refractivity contribution < 1.29 is 13.2 Å². The second kappa shape index (κ2) is 8.78. The standard InChI is InChI=1S/C22H28N2O3S/c1-17-7-6-10-21(15-17)24(28(2,26)27)16-18-11-13-19(14-12-18)22(25)23-20-8-4-3-5-9-20/h6-7,10-15,20H,3-5,8-9,16H2,1-2H3,(H,23,25). The molecule has 0 radical (unpaired) electrons. The molecule has 0 heterocycles. The van der Waals surface area contributed by atoms with E-state index in [1.165, 1.54) is 29.8 Å². The summed E-state index contributed by atoms with van der Waals surface area (Å²) in [6, 6.07) is 14.9. The molecule has 0 saturated heterocycles. The molecule has 0 spiro atoms. The monoisotopic (exact) mass is 400 g/mol. The van der Waals surface area contributed by atoms with Gasteiger partial charge in [-0.05, 0) is 55.2 Å². The molecule has 1 aliphatic carbocycles. The molecule has 5 nitrogen and oxygen atoms in total. The zero-order chi connectivity index (χ0) is 20.1. The lowest BCUT2D eigenvalue weighted by Gasteiger charge is -2.23. The average Bonchev–Trinajstić information content (AvgIpc) is 2.66. The van der Waals surface area contributed by atoms with Crippen molar-refractivity contribution in [3.8, 4) is 0 Å². The lowest BCUT2D eigenvalue weighted by molar-refractivity contribution is 0.0927. The fraction of sp³-hybridized carbons (Fsp3) is 0.409. The molecule has 150 valence electrons. The molecule has 0 aliphatic heterocycles. The summed E-state index contributed by atoms with van der Waals surface area (Å²) in [5.41, 5.74) is 3.08. The molecule has 0 bridgehead atoms. The normalized spacial score (nSPS) is 15.2. The Morgan fingerprint density at radius 1 is 1.07 bits per heavy atom. The summed E-state index contributed by atoms with van der Waals surface area (Å²) in [4.78, 5) is 12.4. The third kappa shape index (κ3) is 5.35. The number of hydrogen-bond donors (Lipinski definition) is 1. The summed E-state index contributed by atoms with van der Waals surface area (Å²) in [6.07, 6.45) is 6.89. The number of carbonyl (C=O) groups is 1. The molecule has 0 atom stereocenters. The molecule has 2 aromatic rings. The number of rotatable bonds is 6. The van der Waals surface area contributed by atoms with E-state index in [0.29, 0.717) is 11.3 Å². The molecule has 1 amide bonds. The quantitative estimate of drug-likeness (QED) is 0.796. The van der Waals surface area contributed by atoms with Crippen LogP contribution in [0.5, 0.6) is 0 Å². The second-order valence-electron chi connectivity index (χ2n) is 7.61. The SMILES string of the molecule is Cc1cccc(N(Cc2ccc(C(=O)NC3CCCCC3)cc2)S(C)(=O)=O)c1. The summed E-state index contributed by atoms with van der Waals surface area (Å²) < 4.78 is 26.0. The maximum absolute atomic E-state index is 12.4. The van der Waals surface area contributed by atoms with Gasteiger partial charge in [-0.2, -0.15) is 0 Å². The number of nitrogens with zero attached hydrogens (tertiary/aromatic N) is 1. The Morgan fingerprint density at radius 2 is 1.75 bits per heavy atom. The van der Waals surface area contributed by atoms with Gasteiger partial charge in [0, 0.05) is 11.6 Å². The number of carbonyl (C=O) groups excluding carboxylic acids is 1. The molecule has 28 heavy (non-hydrogen) atoms. The molecule has 3 rings (SSSR count). The third-order valence-electron chi connectivity index (χ3n) is 5.17. The van der Waals surface area contributed by atoms with Crippen LogP contribution in [0, 0.1) is 6.92 Å². The van der Waals surface area contributed by atoms with Crippen LogP contribution in [0.2, 0.25) is 0 Å². The van der Waals surface area contributed by atoms with E-state index in [9.17, 15) is 13.2 Å². The van der Waals surface area contributed by atoms with E-state index in [1.54, 1.807) is 18.2 Å². The summed E-state index contributed by atoms with van der Waals surface area (Å²) >= 11 is 0. The summed E-state index contributed by atoms with van der Waals surface area (Å²) in [5, 5.41) is 3.11. The Morgan fingerprint density at radius 3 is 2.36 bits per heavy atom. The van der Waals surface area contributed by atoms with E-state index in [-0.39, 0.29) is 18.5 Å².